The van der Waals surface area contributed by atoms with Gasteiger partial charge in [-0.3, -0.25) is 0 Å². The first kappa shape index (κ1) is 23.5. The molecule has 34 heavy (non-hydrogen) atoms. The first-order chi connectivity index (χ1) is 16.4. The number of piperidine rings is 1. The number of amides is 2. The van der Waals surface area contributed by atoms with Crippen molar-refractivity contribution in [2.45, 2.75) is 40.9 Å². The molecule has 8 heteroatoms. The van der Waals surface area contributed by atoms with Gasteiger partial charge in [0.05, 0.1) is 0 Å². The van der Waals surface area contributed by atoms with Crippen LogP contribution in [0.2, 0.25) is 0 Å². The first-order valence-electron chi connectivity index (χ1n) is 11.8. The summed E-state index contributed by atoms with van der Waals surface area (Å²) in [6.45, 7) is 1.90. The number of carbonyl (C=O) groups is 3. The Morgan fingerprint density at radius 3 is 2.24 bits per heavy atom. The minimum atomic E-state index is -0.936. The maximum atomic E-state index is 13.3. The molecule has 0 saturated carbocycles. The Bertz CT molecular complexity index is 1070. The van der Waals surface area contributed by atoms with Gasteiger partial charge in [0.15, 0.2) is 0 Å². The van der Waals surface area contributed by atoms with E-state index >= 15 is 0 Å². The van der Waals surface area contributed by atoms with E-state index in [9.17, 15) is 19.5 Å². The van der Waals surface area contributed by atoms with Gasteiger partial charge < -0.3 is 0 Å². The molecule has 4 atom stereocenters. The van der Waals surface area contributed by atoms with Crippen LogP contribution >= 0.6 is 0 Å². The molecule has 5 rings (SSSR count). The second kappa shape index (κ2) is 9.41. The summed E-state index contributed by atoms with van der Waals surface area (Å²) in [6, 6.07) is 19.0. The van der Waals surface area contributed by atoms with Gasteiger partial charge in [-0.25, -0.2) is 0 Å². The fraction of sp³-hybridized carbons (Fsp3) is 0.423. The third-order valence-corrected chi connectivity index (χ3v) is 10.1. The van der Waals surface area contributed by atoms with Gasteiger partial charge in [-0.2, -0.15) is 0 Å². The van der Waals surface area contributed by atoms with Crippen LogP contribution in [0.15, 0.2) is 60.7 Å². The van der Waals surface area contributed by atoms with Crippen LogP contribution in [0.25, 0.3) is 0 Å². The molecule has 0 aliphatic carbocycles. The Hall–Kier alpha value is -2.27. The normalized spacial score (nSPS) is 27.1. The van der Waals surface area contributed by atoms with Crippen LogP contribution in [-0.4, -0.2) is 90.2 Å². The van der Waals surface area contributed by atoms with Crippen LogP contribution in [0, 0.1) is 5.41 Å². The van der Waals surface area contributed by atoms with E-state index in [4.69, 9.17) is 0 Å². The van der Waals surface area contributed by atoms with Crippen molar-refractivity contribution in [1.29, 1.82) is 0 Å². The van der Waals surface area contributed by atoms with Crippen LogP contribution < -0.4 is 5.32 Å². The van der Waals surface area contributed by atoms with E-state index in [2.05, 4.69) is 22.3 Å². The standard InChI is InChI=1S/C26H28N3O4.Pb/c30-22(15-18-7-3-1-4-8-18)29-17-20(16-21(29)24(31)32)28-13-11-26(12-14-28)23(27-25(26)33)19-9-5-2-6-10-19;/h1-10,15,20-21,23H,11-14,16-17H2,(H,27,33)(H,31,32);. The second-order valence-electron chi connectivity index (χ2n) is 9.59. The Balaban J connectivity index is 1.27. The number of aliphatic carboxylic acids is 1. The molecule has 3 radical (unpaired) electrons. The number of carbonyl (C=O) groups excluding carboxylic acids is 2. The van der Waals surface area contributed by atoms with Crippen molar-refractivity contribution >= 4 is 43.6 Å². The molecule has 175 valence electrons. The molecule has 3 fully saturated rings. The predicted octanol–water partition coefficient (Wildman–Crippen LogP) is 1.90. The first-order valence-corrected chi connectivity index (χ1v) is 14.0. The number of likely N-dealkylation sites (tertiary alicyclic amines) is 2. The van der Waals surface area contributed by atoms with Gasteiger partial charge in [-0.15, -0.1) is 0 Å². The number of nitrogens with zero attached hydrogens (tertiary/aromatic N) is 2. The van der Waals surface area contributed by atoms with Crippen LogP contribution in [0.5, 0.6) is 0 Å². The Morgan fingerprint density at radius 1 is 1.03 bits per heavy atom. The van der Waals surface area contributed by atoms with Gasteiger partial charge in [0.2, 0.25) is 0 Å². The topological polar surface area (TPSA) is 89.9 Å². The van der Waals surface area contributed by atoms with Gasteiger partial charge in [0.25, 0.3) is 0 Å². The summed E-state index contributed by atoms with van der Waals surface area (Å²) in [5.74, 6) is -0.896. The molecular formula is C26H28N3O4Pb. The average Bonchev–Trinajstić information content (AvgIpc) is 3.33. The van der Waals surface area contributed by atoms with Gasteiger partial charge in [0.1, 0.15) is 0 Å². The molecule has 2 aromatic rings. The summed E-state index contributed by atoms with van der Waals surface area (Å²) in [7, 11) is 0. The van der Waals surface area contributed by atoms with Crippen molar-refractivity contribution < 1.29 is 19.5 Å². The Morgan fingerprint density at radius 2 is 1.65 bits per heavy atom. The molecule has 7 nitrogen and oxygen atoms in total. The van der Waals surface area contributed by atoms with E-state index in [-0.39, 0.29) is 32.8 Å². The number of carboxylic acid groups (broad SMARTS) is 1. The van der Waals surface area contributed by atoms with E-state index in [1.54, 1.807) is 4.90 Å². The molecule has 1 spiro atoms. The zero-order valence-corrected chi connectivity index (χ0v) is 22.8. The number of benzene rings is 2. The Labute approximate surface area is 215 Å². The van der Waals surface area contributed by atoms with Crippen LogP contribution in [0.4, 0.5) is 0 Å². The molecule has 0 bridgehead atoms. The molecule has 3 saturated heterocycles. The number of carboxylic acids is 1. The fourth-order valence-electron chi connectivity index (χ4n) is 5.83. The van der Waals surface area contributed by atoms with E-state index in [0.717, 1.165) is 37.1 Å². The summed E-state index contributed by atoms with van der Waals surface area (Å²) in [5, 5.41) is 13.0. The SMILES string of the molecule is O=C(O)C1CC(N2CCC3(CC2)C(=O)NC3c2ccccc2)CN1C(=O)[CH]([Pb])c1ccccc1. The summed E-state index contributed by atoms with van der Waals surface area (Å²) in [6.07, 6.45) is 1.92. The summed E-state index contributed by atoms with van der Waals surface area (Å²) < 4.78 is -0.253. The zero-order chi connectivity index (χ0) is 23.9. The van der Waals surface area contributed by atoms with E-state index in [1.165, 1.54) is 0 Å². The third kappa shape index (κ3) is 4.06. The van der Waals surface area contributed by atoms with Crippen molar-refractivity contribution in [3.63, 3.8) is 0 Å². The molecule has 3 aliphatic rings. The molecule has 4 unspecified atom stereocenters. The molecular weight excluding hydrogens is 626 g/mol. The molecule has 3 heterocycles. The minimum absolute atomic E-state index is 0.00496. The molecule has 2 N–H and O–H groups in total. The number of hydrogen-bond acceptors (Lipinski definition) is 4. The van der Waals surface area contributed by atoms with E-state index in [0.29, 0.717) is 38.7 Å². The molecule has 2 aromatic carbocycles. The predicted molar refractivity (Wildman–Crippen MR) is 127 cm³/mol. The van der Waals surface area contributed by atoms with Crippen molar-refractivity contribution in [1.82, 2.24) is 15.1 Å². The third-order valence-electron chi connectivity index (χ3n) is 7.85. The van der Waals surface area contributed by atoms with Gasteiger partial charge >= 0.3 is 198 Å². The summed E-state index contributed by atoms with van der Waals surface area (Å²) >= 11 is 0.627. The number of nitrogens with one attached hydrogen (secondary N) is 1. The summed E-state index contributed by atoms with van der Waals surface area (Å²) in [5.41, 5.74) is 1.71. The fourth-order valence-corrected chi connectivity index (χ4v) is 7.22. The van der Waals surface area contributed by atoms with Crippen molar-refractivity contribution in [2.75, 3.05) is 19.6 Å². The van der Waals surface area contributed by atoms with Crippen LogP contribution in [-0.2, 0) is 14.4 Å². The van der Waals surface area contributed by atoms with Crippen molar-refractivity contribution in [3.05, 3.63) is 71.8 Å². The van der Waals surface area contributed by atoms with Gasteiger partial charge in [-0.1, -0.05) is 18.2 Å². The second-order valence-corrected chi connectivity index (χ2v) is 11.8. The number of rotatable bonds is 5. The molecule has 3 aliphatic heterocycles. The molecule has 2 amide bonds. The zero-order valence-electron chi connectivity index (χ0n) is 18.9. The monoisotopic (exact) mass is 654 g/mol. The maximum absolute atomic E-state index is 13.3. The van der Waals surface area contributed by atoms with Crippen LogP contribution in [0.3, 0.4) is 0 Å². The van der Waals surface area contributed by atoms with E-state index < -0.39 is 12.0 Å². The average molecular weight is 654 g/mol. The summed E-state index contributed by atoms with van der Waals surface area (Å²) in [4.78, 5) is 41.9. The van der Waals surface area contributed by atoms with Crippen molar-refractivity contribution in [3.8, 4) is 0 Å². The number of hydrogen-bond donors (Lipinski definition) is 2. The molecule has 0 aromatic heterocycles. The van der Waals surface area contributed by atoms with Crippen LogP contribution in [0.1, 0.15) is 39.9 Å². The van der Waals surface area contributed by atoms with Gasteiger partial charge in [0, 0.05) is 0 Å². The van der Waals surface area contributed by atoms with E-state index in [1.807, 2.05) is 48.5 Å². The quantitative estimate of drug-likeness (QED) is 0.381. The number of β-lactam (4-membered cyclic amide) rings is 1. The Kier molecular flexibility index (Phi) is 6.50. The van der Waals surface area contributed by atoms with Gasteiger partial charge in [-0.05, 0) is 0 Å². The van der Waals surface area contributed by atoms with Crippen molar-refractivity contribution in [2.24, 2.45) is 5.41 Å².